The molecule has 2 bridgehead atoms. The molecule has 104 valence electrons. The molecular formula is C17H24O2. The second kappa shape index (κ2) is 5.16. The monoisotopic (exact) mass is 260 g/mol. The summed E-state index contributed by atoms with van der Waals surface area (Å²) in [4.78, 5) is 0. The summed E-state index contributed by atoms with van der Waals surface area (Å²) < 4.78 is 6.03. The predicted molar refractivity (Wildman–Crippen MR) is 76.2 cm³/mol. The molecule has 0 radical (unpaired) electrons. The van der Waals surface area contributed by atoms with Gasteiger partial charge in [-0.2, -0.15) is 0 Å². The highest BCUT2D eigenvalue weighted by Crippen LogP contribution is 2.48. The van der Waals surface area contributed by atoms with E-state index in [4.69, 9.17) is 4.74 Å². The maximum Gasteiger partial charge on any atom is 0.125 e. The topological polar surface area (TPSA) is 29.5 Å². The van der Waals surface area contributed by atoms with Crippen LogP contribution >= 0.6 is 0 Å². The third-order valence-electron chi connectivity index (χ3n) is 4.95. The quantitative estimate of drug-likeness (QED) is 0.890. The van der Waals surface area contributed by atoms with Gasteiger partial charge in [0.05, 0.1) is 12.7 Å². The largest absolute Gasteiger partial charge is 0.493 e. The van der Waals surface area contributed by atoms with E-state index < -0.39 is 6.10 Å². The van der Waals surface area contributed by atoms with E-state index >= 15 is 0 Å². The zero-order valence-electron chi connectivity index (χ0n) is 11.9. The highest BCUT2D eigenvalue weighted by Gasteiger charge is 2.39. The van der Waals surface area contributed by atoms with Gasteiger partial charge in [0.2, 0.25) is 0 Å². The van der Waals surface area contributed by atoms with Gasteiger partial charge in [-0.05, 0) is 63.0 Å². The highest BCUT2D eigenvalue weighted by molar-refractivity contribution is 5.38. The van der Waals surface area contributed by atoms with Crippen molar-refractivity contribution in [2.45, 2.75) is 45.6 Å². The van der Waals surface area contributed by atoms with Crippen molar-refractivity contribution >= 4 is 0 Å². The molecule has 2 fully saturated rings. The Balaban J connectivity index is 1.66. The molecule has 1 aromatic rings. The Kier molecular flexibility index (Phi) is 3.53. The van der Waals surface area contributed by atoms with Crippen molar-refractivity contribution in [1.82, 2.24) is 0 Å². The molecule has 1 N–H and O–H groups in total. The van der Waals surface area contributed by atoms with E-state index in [0.29, 0.717) is 0 Å². The predicted octanol–water partition coefficient (Wildman–Crippen LogP) is 3.86. The third kappa shape index (κ3) is 2.64. The lowest BCUT2D eigenvalue weighted by atomic mass is 9.89. The van der Waals surface area contributed by atoms with E-state index in [9.17, 15) is 5.11 Å². The molecule has 0 saturated heterocycles. The fourth-order valence-electron chi connectivity index (χ4n) is 3.90. The Morgan fingerprint density at radius 1 is 1.32 bits per heavy atom. The Labute approximate surface area is 115 Å². The lowest BCUT2D eigenvalue weighted by molar-refractivity contribution is 0.172. The molecule has 3 rings (SSSR count). The van der Waals surface area contributed by atoms with Gasteiger partial charge in [-0.1, -0.05) is 18.1 Å². The van der Waals surface area contributed by atoms with Gasteiger partial charge in [-0.25, -0.2) is 0 Å². The Morgan fingerprint density at radius 3 is 2.79 bits per heavy atom. The fourth-order valence-corrected chi connectivity index (χ4v) is 3.90. The maximum atomic E-state index is 9.85. The molecule has 0 amide bonds. The van der Waals surface area contributed by atoms with Crippen LogP contribution in [0.3, 0.4) is 0 Å². The Bertz CT molecular complexity index is 453. The lowest BCUT2D eigenvalue weighted by Gasteiger charge is -2.23. The second-order valence-electron chi connectivity index (χ2n) is 6.46. The normalized spacial score (nSPS) is 30.6. The number of aryl methyl sites for hydroxylation is 1. The van der Waals surface area contributed by atoms with Gasteiger partial charge in [-0.3, -0.25) is 0 Å². The molecule has 0 aliphatic heterocycles. The van der Waals surface area contributed by atoms with Crippen molar-refractivity contribution < 1.29 is 9.84 Å². The van der Waals surface area contributed by atoms with Gasteiger partial charge in [0.1, 0.15) is 5.75 Å². The van der Waals surface area contributed by atoms with Crippen molar-refractivity contribution in [3.63, 3.8) is 0 Å². The first kappa shape index (κ1) is 13.0. The fraction of sp³-hybridized carbons (Fsp3) is 0.647. The minimum atomic E-state index is -0.463. The van der Waals surface area contributed by atoms with Crippen molar-refractivity contribution in [3.05, 3.63) is 29.3 Å². The third-order valence-corrected chi connectivity index (χ3v) is 4.95. The van der Waals surface area contributed by atoms with Crippen molar-refractivity contribution in [2.24, 2.45) is 17.8 Å². The summed E-state index contributed by atoms with van der Waals surface area (Å²) in [6.07, 6.45) is 5.14. The molecule has 4 atom stereocenters. The standard InChI is InChI=1S/C17H24O2/c1-11-3-6-17(16(7-11)12(2)18)19-10-15-9-13-4-5-14(15)8-13/h3,6-7,12-15,18H,4-5,8-10H2,1-2H3. The number of rotatable bonds is 4. The molecule has 1 aromatic carbocycles. The zero-order valence-corrected chi connectivity index (χ0v) is 11.9. The summed E-state index contributed by atoms with van der Waals surface area (Å²) in [5.41, 5.74) is 2.09. The summed E-state index contributed by atoms with van der Waals surface area (Å²) >= 11 is 0. The number of benzene rings is 1. The molecule has 0 spiro atoms. The molecule has 2 saturated carbocycles. The van der Waals surface area contributed by atoms with E-state index in [1.54, 1.807) is 6.92 Å². The van der Waals surface area contributed by atoms with Crippen LogP contribution in [0.1, 0.15) is 49.8 Å². The van der Waals surface area contributed by atoms with Crippen molar-refractivity contribution in [3.8, 4) is 5.75 Å². The van der Waals surface area contributed by atoms with E-state index in [0.717, 1.165) is 35.7 Å². The van der Waals surface area contributed by atoms with Crippen LogP contribution in [0.2, 0.25) is 0 Å². The Morgan fingerprint density at radius 2 is 2.16 bits per heavy atom. The SMILES string of the molecule is Cc1ccc(OCC2CC3CCC2C3)c(C(C)O)c1. The van der Waals surface area contributed by atoms with Crippen molar-refractivity contribution in [2.75, 3.05) is 6.61 Å². The maximum absolute atomic E-state index is 9.85. The van der Waals surface area contributed by atoms with Crippen molar-refractivity contribution in [1.29, 1.82) is 0 Å². The van der Waals surface area contributed by atoms with Crippen LogP contribution in [0, 0.1) is 24.7 Å². The lowest BCUT2D eigenvalue weighted by Crippen LogP contribution is -2.19. The summed E-state index contributed by atoms with van der Waals surface area (Å²) in [7, 11) is 0. The molecule has 0 aromatic heterocycles. The van der Waals surface area contributed by atoms with Gasteiger partial charge >= 0.3 is 0 Å². The van der Waals surface area contributed by atoms with E-state index in [1.807, 2.05) is 19.1 Å². The van der Waals surface area contributed by atoms with Gasteiger partial charge < -0.3 is 9.84 Å². The number of hydrogen-bond acceptors (Lipinski definition) is 2. The van der Waals surface area contributed by atoms with Crippen LogP contribution in [-0.4, -0.2) is 11.7 Å². The highest BCUT2D eigenvalue weighted by atomic mass is 16.5. The molecule has 2 aliphatic rings. The molecular weight excluding hydrogens is 236 g/mol. The first-order valence-corrected chi connectivity index (χ1v) is 7.55. The average molecular weight is 260 g/mol. The van der Waals surface area contributed by atoms with Gasteiger partial charge in [0.15, 0.2) is 0 Å². The smallest absolute Gasteiger partial charge is 0.125 e. The molecule has 2 aliphatic carbocycles. The van der Waals surface area contributed by atoms with E-state index in [2.05, 4.69) is 6.07 Å². The summed E-state index contributed by atoms with van der Waals surface area (Å²) in [6.45, 7) is 4.68. The number of aliphatic hydroxyl groups is 1. The van der Waals surface area contributed by atoms with Crippen LogP contribution in [0.4, 0.5) is 0 Å². The van der Waals surface area contributed by atoms with E-state index in [1.165, 1.54) is 31.2 Å². The first-order chi connectivity index (χ1) is 9.13. The van der Waals surface area contributed by atoms with Crippen LogP contribution in [-0.2, 0) is 0 Å². The Hall–Kier alpha value is -1.02. The number of fused-ring (bicyclic) bond motifs is 2. The average Bonchev–Trinajstić information content (AvgIpc) is 2.99. The number of hydrogen-bond donors (Lipinski definition) is 1. The van der Waals surface area contributed by atoms with Crippen LogP contribution in [0.15, 0.2) is 18.2 Å². The molecule has 2 nitrogen and oxygen atoms in total. The van der Waals surface area contributed by atoms with E-state index in [-0.39, 0.29) is 0 Å². The second-order valence-corrected chi connectivity index (χ2v) is 6.46. The summed E-state index contributed by atoms with van der Waals surface area (Å²) in [5, 5.41) is 9.85. The van der Waals surface area contributed by atoms with Gasteiger partial charge in [-0.15, -0.1) is 0 Å². The van der Waals surface area contributed by atoms with Crippen LogP contribution < -0.4 is 4.74 Å². The molecule has 0 heterocycles. The number of ether oxygens (including phenoxy) is 1. The van der Waals surface area contributed by atoms with Gasteiger partial charge in [0, 0.05) is 5.56 Å². The van der Waals surface area contributed by atoms with Crippen LogP contribution in [0.5, 0.6) is 5.75 Å². The van der Waals surface area contributed by atoms with Crippen LogP contribution in [0.25, 0.3) is 0 Å². The zero-order chi connectivity index (χ0) is 13.4. The summed E-state index contributed by atoms with van der Waals surface area (Å²) in [5.74, 6) is 3.46. The molecule has 4 unspecified atom stereocenters. The summed E-state index contributed by atoms with van der Waals surface area (Å²) in [6, 6.07) is 6.09. The minimum Gasteiger partial charge on any atom is -0.493 e. The first-order valence-electron chi connectivity index (χ1n) is 7.55. The molecule has 2 heteroatoms. The van der Waals surface area contributed by atoms with Gasteiger partial charge in [0.25, 0.3) is 0 Å². The molecule has 19 heavy (non-hydrogen) atoms. The number of aliphatic hydroxyl groups excluding tert-OH is 1. The minimum absolute atomic E-state index is 0.463.